The number of aliphatic hydroxyl groups is 1. The Morgan fingerprint density at radius 3 is 2.62 bits per heavy atom. The standard InChI is InChI=1S/C17H31NO3/c1-5-6-12-9-14(19)8-7-13-10-18(11-15(12)13)16(20)21-17(2,3)4/h12-15,19H,5-11H2,1-4H3. The van der Waals surface area contributed by atoms with Crippen molar-refractivity contribution >= 4 is 6.09 Å². The fraction of sp³-hybridized carbons (Fsp3) is 0.941. The van der Waals surface area contributed by atoms with Crippen molar-refractivity contribution in [2.45, 2.75) is 71.5 Å². The van der Waals surface area contributed by atoms with Gasteiger partial charge in [0.1, 0.15) is 5.60 Å². The van der Waals surface area contributed by atoms with Gasteiger partial charge < -0.3 is 14.7 Å². The molecule has 1 saturated carbocycles. The van der Waals surface area contributed by atoms with Gasteiger partial charge in [-0.3, -0.25) is 0 Å². The van der Waals surface area contributed by atoms with Gasteiger partial charge in [-0.2, -0.15) is 0 Å². The van der Waals surface area contributed by atoms with Gasteiger partial charge in [-0.15, -0.1) is 0 Å². The van der Waals surface area contributed by atoms with Crippen molar-refractivity contribution in [1.82, 2.24) is 4.90 Å². The summed E-state index contributed by atoms with van der Waals surface area (Å²) in [6.07, 6.45) is 4.79. The van der Waals surface area contributed by atoms with Crippen LogP contribution < -0.4 is 0 Å². The predicted octanol–water partition coefficient (Wildman–Crippen LogP) is 3.43. The summed E-state index contributed by atoms with van der Waals surface area (Å²) < 4.78 is 5.51. The Labute approximate surface area is 128 Å². The molecule has 1 amide bonds. The SMILES string of the molecule is CCCC1CC(O)CCC2CN(C(=O)OC(C)(C)C)CC12. The number of fused-ring (bicyclic) bond motifs is 1. The van der Waals surface area contributed by atoms with E-state index >= 15 is 0 Å². The van der Waals surface area contributed by atoms with Crippen molar-refractivity contribution in [2.75, 3.05) is 13.1 Å². The molecule has 2 aliphatic rings. The molecule has 0 bridgehead atoms. The van der Waals surface area contributed by atoms with Gasteiger partial charge in [0.25, 0.3) is 0 Å². The Bertz CT molecular complexity index is 364. The number of nitrogens with zero attached hydrogens (tertiary/aromatic N) is 1. The summed E-state index contributed by atoms with van der Waals surface area (Å²) >= 11 is 0. The van der Waals surface area contributed by atoms with E-state index in [0.29, 0.717) is 17.8 Å². The van der Waals surface area contributed by atoms with Crippen LogP contribution >= 0.6 is 0 Å². The lowest BCUT2D eigenvalue weighted by atomic mass is 9.80. The molecule has 0 aromatic rings. The van der Waals surface area contributed by atoms with E-state index in [1.807, 2.05) is 25.7 Å². The normalized spacial score (nSPS) is 33.5. The summed E-state index contributed by atoms with van der Waals surface area (Å²) in [6.45, 7) is 9.54. The van der Waals surface area contributed by atoms with E-state index in [0.717, 1.165) is 45.2 Å². The van der Waals surface area contributed by atoms with Gasteiger partial charge in [-0.1, -0.05) is 19.8 Å². The maximum absolute atomic E-state index is 12.3. The molecule has 4 nitrogen and oxygen atoms in total. The zero-order valence-corrected chi connectivity index (χ0v) is 14.0. The minimum atomic E-state index is -0.430. The molecule has 4 unspecified atom stereocenters. The number of aliphatic hydroxyl groups excluding tert-OH is 1. The minimum absolute atomic E-state index is 0.151. The molecule has 21 heavy (non-hydrogen) atoms. The summed E-state index contributed by atoms with van der Waals surface area (Å²) in [6, 6.07) is 0. The quantitative estimate of drug-likeness (QED) is 0.849. The fourth-order valence-electron chi connectivity index (χ4n) is 3.96. The second-order valence-corrected chi connectivity index (χ2v) is 7.82. The Morgan fingerprint density at radius 2 is 2.00 bits per heavy atom. The summed E-state index contributed by atoms with van der Waals surface area (Å²) in [5.41, 5.74) is -0.430. The Balaban J connectivity index is 2.02. The molecule has 1 aliphatic carbocycles. The van der Waals surface area contributed by atoms with Gasteiger partial charge in [0, 0.05) is 13.1 Å². The van der Waals surface area contributed by atoms with E-state index in [2.05, 4.69) is 6.92 Å². The van der Waals surface area contributed by atoms with Gasteiger partial charge >= 0.3 is 6.09 Å². The number of amides is 1. The highest BCUT2D eigenvalue weighted by atomic mass is 16.6. The summed E-state index contributed by atoms with van der Waals surface area (Å²) in [4.78, 5) is 14.2. The number of rotatable bonds is 2. The molecule has 1 saturated heterocycles. The first-order valence-electron chi connectivity index (χ1n) is 8.46. The molecule has 1 aliphatic heterocycles. The van der Waals surface area contributed by atoms with E-state index < -0.39 is 5.60 Å². The lowest BCUT2D eigenvalue weighted by Gasteiger charge is -2.26. The molecule has 1 heterocycles. The highest BCUT2D eigenvalue weighted by Crippen LogP contribution is 2.41. The number of ether oxygens (including phenoxy) is 1. The van der Waals surface area contributed by atoms with Crippen molar-refractivity contribution in [2.24, 2.45) is 17.8 Å². The van der Waals surface area contributed by atoms with Crippen molar-refractivity contribution in [3.05, 3.63) is 0 Å². The van der Waals surface area contributed by atoms with Crippen LogP contribution in [-0.2, 0) is 4.74 Å². The Hall–Kier alpha value is -0.770. The molecule has 2 fully saturated rings. The van der Waals surface area contributed by atoms with Crippen LogP contribution in [0.1, 0.15) is 59.8 Å². The monoisotopic (exact) mass is 297 g/mol. The molecule has 2 rings (SSSR count). The minimum Gasteiger partial charge on any atom is -0.444 e. The smallest absolute Gasteiger partial charge is 0.410 e. The molecule has 1 N–H and O–H groups in total. The maximum atomic E-state index is 12.3. The maximum Gasteiger partial charge on any atom is 0.410 e. The van der Waals surface area contributed by atoms with Crippen LogP contribution in [0.15, 0.2) is 0 Å². The zero-order valence-electron chi connectivity index (χ0n) is 14.0. The molecule has 122 valence electrons. The highest BCUT2D eigenvalue weighted by Gasteiger charge is 2.42. The molecule has 4 atom stereocenters. The Morgan fingerprint density at radius 1 is 1.29 bits per heavy atom. The zero-order chi connectivity index (χ0) is 15.6. The Kier molecular flexibility index (Phi) is 5.18. The van der Waals surface area contributed by atoms with E-state index in [4.69, 9.17) is 4.74 Å². The third-order valence-corrected chi connectivity index (χ3v) is 4.85. The molecule has 0 radical (unpaired) electrons. The van der Waals surface area contributed by atoms with E-state index in [1.54, 1.807) is 0 Å². The number of hydrogen-bond acceptors (Lipinski definition) is 3. The summed E-state index contributed by atoms with van der Waals surface area (Å²) in [5, 5.41) is 10.1. The lowest BCUT2D eigenvalue weighted by Crippen LogP contribution is -2.36. The van der Waals surface area contributed by atoms with Crippen molar-refractivity contribution in [3.8, 4) is 0 Å². The number of carbonyl (C=O) groups excluding carboxylic acids is 1. The number of hydrogen-bond donors (Lipinski definition) is 1. The first kappa shape index (κ1) is 16.6. The molecular weight excluding hydrogens is 266 g/mol. The van der Waals surface area contributed by atoms with Gasteiger partial charge in [-0.25, -0.2) is 4.79 Å². The van der Waals surface area contributed by atoms with E-state index in [9.17, 15) is 9.90 Å². The summed E-state index contributed by atoms with van der Waals surface area (Å²) in [5.74, 6) is 1.62. The number of carbonyl (C=O) groups is 1. The van der Waals surface area contributed by atoms with Crippen LogP contribution in [0.4, 0.5) is 4.79 Å². The largest absolute Gasteiger partial charge is 0.444 e. The van der Waals surface area contributed by atoms with Gasteiger partial charge in [-0.05, 0) is 57.8 Å². The first-order valence-corrected chi connectivity index (χ1v) is 8.46. The molecule has 0 spiro atoms. The fourth-order valence-corrected chi connectivity index (χ4v) is 3.96. The average molecular weight is 297 g/mol. The molecule has 0 aromatic heterocycles. The first-order chi connectivity index (χ1) is 9.80. The van der Waals surface area contributed by atoms with Crippen molar-refractivity contribution in [1.29, 1.82) is 0 Å². The van der Waals surface area contributed by atoms with Gasteiger partial charge in [0.05, 0.1) is 6.10 Å². The molecule has 4 heteroatoms. The van der Waals surface area contributed by atoms with E-state index in [-0.39, 0.29) is 12.2 Å². The van der Waals surface area contributed by atoms with Crippen LogP contribution in [0, 0.1) is 17.8 Å². The molecular formula is C17H31NO3. The predicted molar refractivity (Wildman–Crippen MR) is 83.0 cm³/mol. The van der Waals surface area contributed by atoms with Crippen LogP contribution in [0.3, 0.4) is 0 Å². The average Bonchev–Trinajstić information content (AvgIpc) is 2.72. The second kappa shape index (κ2) is 6.55. The van der Waals surface area contributed by atoms with Crippen molar-refractivity contribution < 1.29 is 14.6 Å². The van der Waals surface area contributed by atoms with Crippen LogP contribution in [0.2, 0.25) is 0 Å². The second-order valence-electron chi connectivity index (χ2n) is 7.82. The van der Waals surface area contributed by atoms with Gasteiger partial charge in [0.15, 0.2) is 0 Å². The molecule has 0 aromatic carbocycles. The summed E-state index contributed by atoms with van der Waals surface area (Å²) in [7, 11) is 0. The van der Waals surface area contributed by atoms with Crippen LogP contribution in [0.5, 0.6) is 0 Å². The van der Waals surface area contributed by atoms with E-state index in [1.165, 1.54) is 0 Å². The third kappa shape index (κ3) is 4.35. The topological polar surface area (TPSA) is 49.8 Å². The third-order valence-electron chi connectivity index (χ3n) is 4.85. The lowest BCUT2D eigenvalue weighted by molar-refractivity contribution is 0.0274. The number of likely N-dealkylation sites (tertiary alicyclic amines) is 1. The van der Waals surface area contributed by atoms with Crippen LogP contribution in [0.25, 0.3) is 0 Å². The highest BCUT2D eigenvalue weighted by molar-refractivity contribution is 5.68. The van der Waals surface area contributed by atoms with Gasteiger partial charge in [0.2, 0.25) is 0 Å². The van der Waals surface area contributed by atoms with Crippen molar-refractivity contribution in [3.63, 3.8) is 0 Å². The van der Waals surface area contributed by atoms with Crippen LogP contribution in [-0.4, -0.2) is 40.9 Å².